The predicted molar refractivity (Wildman–Crippen MR) is 127 cm³/mol. The van der Waals surface area contributed by atoms with Crippen molar-refractivity contribution in [3.8, 4) is 0 Å². The molecule has 9 nitrogen and oxygen atoms in total. The van der Waals surface area contributed by atoms with Crippen LogP contribution < -0.4 is 5.59 Å². The molecule has 2 saturated heterocycles. The van der Waals surface area contributed by atoms with Gasteiger partial charge in [0.2, 0.25) is 10.0 Å². The molecule has 12 heteroatoms. The van der Waals surface area contributed by atoms with Crippen LogP contribution in [0.3, 0.4) is 0 Å². The van der Waals surface area contributed by atoms with Crippen molar-refractivity contribution >= 4 is 40.4 Å². The zero-order chi connectivity index (χ0) is 25.0. The Hall–Kier alpha value is -1.40. The summed E-state index contributed by atoms with van der Waals surface area (Å²) in [6.45, 7) is 13.6. The molecule has 2 aliphatic heterocycles. The van der Waals surface area contributed by atoms with Gasteiger partial charge in [-0.25, -0.2) is 18.2 Å². The van der Waals surface area contributed by atoms with E-state index in [1.807, 2.05) is 27.7 Å². The quantitative estimate of drug-likeness (QED) is 0.464. The number of hydrogen-bond donors (Lipinski definition) is 0. The van der Waals surface area contributed by atoms with Crippen LogP contribution in [0.2, 0.25) is 5.15 Å². The number of carbonyl (C=O) groups is 1. The van der Waals surface area contributed by atoms with Crippen molar-refractivity contribution in [1.82, 2.24) is 14.2 Å². The standard InChI is InChI=1S/C21H33BClN3O6S/c1-19(2,3)30-18(27)25-9-10-26(33(8,28)29)15(13-25)14-11-16(24-17(23)12-14)22-31-20(4,5)21(6,7)32-22/h11-12,15H,9-10,13H2,1-8H3/t15-/m1/s1. The van der Waals surface area contributed by atoms with Gasteiger partial charge in [0, 0.05) is 19.6 Å². The Morgan fingerprint density at radius 1 is 1.18 bits per heavy atom. The Labute approximate surface area is 201 Å². The molecule has 0 aromatic carbocycles. The Kier molecular flexibility index (Phi) is 6.89. The third-order valence-electron chi connectivity index (χ3n) is 6.12. The van der Waals surface area contributed by atoms with E-state index in [0.717, 1.165) is 6.26 Å². The van der Waals surface area contributed by atoms with Crippen molar-refractivity contribution in [2.24, 2.45) is 0 Å². The second-order valence-electron chi connectivity index (χ2n) is 10.6. The molecule has 1 atom stereocenters. The van der Waals surface area contributed by atoms with Gasteiger partial charge in [-0.1, -0.05) is 11.6 Å². The predicted octanol–water partition coefficient (Wildman–Crippen LogP) is 2.59. The molecular formula is C21H33BClN3O6S. The molecule has 0 saturated carbocycles. The second kappa shape index (κ2) is 8.68. The lowest BCUT2D eigenvalue weighted by Crippen LogP contribution is -2.53. The summed E-state index contributed by atoms with van der Waals surface area (Å²) < 4.78 is 44.2. The lowest BCUT2D eigenvalue weighted by Gasteiger charge is -2.40. The fourth-order valence-corrected chi connectivity index (χ4v) is 5.03. The van der Waals surface area contributed by atoms with Gasteiger partial charge in [-0.05, 0) is 66.2 Å². The minimum Gasteiger partial charge on any atom is -0.444 e. The van der Waals surface area contributed by atoms with E-state index in [1.54, 1.807) is 32.9 Å². The molecule has 1 amide bonds. The topological polar surface area (TPSA) is 98.3 Å². The van der Waals surface area contributed by atoms with Crippen LogP contribution in [0.5, 0.6) is 0 Å². The molecule has 0 spiro atoms. The number of rotatable bonds is 3. The highest BCUT2D eigenvalue weighted by Crippen LogP contribution is 2.37. The number of halogens is 1. The van der Waals surface area contributed by atoms with Crippen molar-refractivity contribution in [3.05, 3.63) is 22.8 Å². The molecule has 2 fully saturated rings. The number of aromatic nitrogens is 1. The van der Waals surface area contributed by atoms with E-state index in [9.17, 15) is 13.2 Å². The van der Waals surface area contributed by atoms with E-state index in [2.05, 4.69) is 4.98 Å². The van der Waals surface area contributed by atoms with E-state index in [1.165, 1.54) is 9.21 Å². The zero-order valence-electron chi connectivity index (χ0n) is 20.5. The van der Waals surface area contributed by atoms with Crippen LogP contribution in [0.15, 0.2) is 12.1 Å². The molecular weight excluding hydrogens is 469 g/mol. The highest BCUT2D eigenvalue weighted by molar-refractivity contribution is 7.88. The maximum absolute atomic E-state index is 12.7. The average Bonchev–Trinajstić information content (AvgIpc) is 2.86. The van der Waals surface area contributed by atoms with E-state index in [-0.39, 0.29) is 24.8 Å². The van der Waals surface area contributed by atoms with Crippen molar-refractivity contribution in [2.45, 2.75) is 71.3 Å². The molecule has 0 bridgehead atoms. The molecule has 3 rings (SSSR count). The third-order valence-corrected chi connectivity index (χ3v) is 7.61. The third kappa shape index (κ3) is 5.82. The zero-order valence-corrected chi connectivity index (χ0v) is 22.1. The maximum Gasteiger partial charge on any atom is 0.514 e. The van der Waals surface area contributed by atoms with Gasteiger partial charge in [-0.3, -0.25) is 0 Å². The van der Waals surface area contributed by atoms with Crippen molar-refractivity contribution in [3.63, 3.8) is 0 Å². The van der Waals surface area contributed by atoms with Crippen LogP contribution >= 0.6 is 11.6 Å². The summed E-state index contributed by atoms with van der Waals surface area (Å²) in [6, 6.07) is 2.68. The van der Waals surface area contributed by atoms with Gasteiger partial charge in [-0.15, -0.1) is 0 Å². The Morgan fingerprint density at radius 3 is 2.27 bits per heavy atom. The smallest absolute Gasteiger partial charge is 0.444 e. The summed E-state index contributed by atoms with van der Waals surface area (Å²) in [6.07, 6.45) is 0.660. The van der Waals surface area contributed by atoms with Crippen LogP contribution in [0.25, 0.3) is 0 Å². The first kappa shape index (κ1) is 26.2. The van der Waals surface area contributed by atoms with Crippen LogP contribution in [-0.2, 0) is 24.1 Å². The lowest BCUT2D eigenvalue weighted by atomic mass is 9.82. The number of amides is 1. The minimum absolute atomic E-state index is 0.116. The number of pyridine rings is 1. The monoisotopic (exact) mass is 501 g/mol. The summed E-state index contributed by atoms with van der Waals surface area (Å²) >= 11 is 6.34. The normalized spacial score (nSPS) is 23.6. The number of sulfonamides is 1. The Balaban J connectivity index is 1.96. The highest BCUT2D eigenvalue weighted by atomic mass is 35.5. The number of hydrogen-bond acceptors (Lipinski definition) is 7. The Bertz CT molecular complexity index is 1010. The van der Waals surface area contributed by atoms with E-state index in [0.29, 0.717) is 11.2 Å². The molecule has 3 heterocycles. The largest absolute Gasteiger partial charge is 0.514 e. The van der Waals surface area contributed by atoms with E-state index in [4.69, 9.17) is 25.6 Å². The molecule has 0 radical (unpaired) electrons. The van der Waals surface area contributed by atoms with Crippen LogP contribution in [0, 0.1) is 0 Å². The molecule has 0 unspecified atom stereocenters. The fraction of sp³-hybridized carbons (Fsp3) is 0.714. The lowest BCUT2D eigenvalue weighted by molar-refractivity contribution is 0.00578. The average molecular weight is 502 g/mol. The summed E-state index contributed by atoms with van der Waals surface area (Å²) in [5, 5.41) is 0.181. The Morgan fingerprint density at radius 2 is 1.76 bits per heavy atom. The first-order valence-corrected chi connectivity index (χ1v) is 13.1. The van der Waals surface area contributed by atoms with Gasteiger partial charge in [-0.2, -0.15) is 4.31 Å². The van der Waals surface area contributed by atoms with Crippen LogP contribution in [-0.4, -0.2) is 78.5 Å². The van der Waals surface area contributed by atoms with E-state index >= 15 is 0 Å². The minimum atomic E-state index is -3.56. The van der Waals surface area contributed by atoms with Crippen LogP contribution in [0.1, 0.15) is 60.1 Å². The highest BCUT2D eigenvalue weighted by Gasteiger charge is 2.52. The molecule has 184 valence electrons. The molecule has 1 aromatic heterocycles. The molecule has 33 heavy (non-hydrogen) atoms. The van der Waals surface area contributed by atoms with Gasteiger partial charge < -0.3 is 18.9 Å². The molecule has 2 aliphatic rings. The number of ether oxygens (including phenoxy) is 1. The van der Waals surface area contributed by atoms with Gasteiger partial charge in [0.25, 0.3) is 0 Å². The summed E-state index contributed by atoms with van der Waals surface area (Å²) in [4.78, 5) is 18.6. The van der Waals surface area contributed by atoms with Gasteiger partial charge in [0.15, 0.2) is 0 Å². The molecule has 0 aliphatic carbocycles. The van der Waals surface area contributed by atoms with Gasteiger partial charge in [0.05, 0.1) is 29.1 Å². The van der Waals surface area contributed by atoms with Crippen molar-refractivity contribution in [2.75, 3.05) is 25.9 Å². The van der Waals surface area contributed by atoms with E-state index < -0.39 is 46.1 Å². The van der Waals surface area contributed by atoms with Crippen LogP contribution in [0.4, 0.5) is 4.79 Å². The molecule has 1 aromatic rings. The SMILES string of the molecule is CC(C)(C)OC(=O)N1CCN(S(C)(=O)=O)[C@@H](c2cc(Cl)nc(B3OC(C)(C)C(C)(C)O3)c2)C1. The second-order valence-corrected chi connectivity index (χ2v) is 12.9. The molecule has 0 N–H and O–H groups in total. The maximum atomic E-state index is 12.7. The first-order valence-electron chi connectivity index (χ1n) is 10.9. The fourth-order valence-electron chi connectivity index (χ4n) is 3.74. The number of piperazine rings is 1. The summed E-state index contributed by atoms with van der Waals surface area (Å²) in [5.74, 6) is 0. The number of carbonyl (C=O) groups excluding carboxylic acids is 1. The van der Waals surface area contributed by atoms with Crippen molar-refractivity contribution in [1.29, 1.82) is 0 Å². The number of nitrogens with zero attached hydrogens (tertiary/aromatic N) is 3. The van der Waals surface area contributed by atoms with Crippen molar-refractivity contribution < 1.29 is 27.3 Å². The summed E-state index contributed by atoms with van der Waals surface area (Å²) in [5.41, 5.74) is -0.764. The first-order chi connectivity index (χ1) is 14.9. The van der Waals surface area contributed by atoms with Gasteiger partial charge >= 0.3 is 13.2 Å². The van der Waals surface area contributed by atoms with Gasteiger partial charge in [0.1, 0.15) is 10.8 Å². The summed E-state index contributed by atoms with van der Waals surface area (Å²) in [7, 11) is -4.32.